The van der Waals surface area contributed by atoms with Gasteiger partial charge in [-0.2, -0.15) is 5.26 Å². The van der Waals surface area contributed by atoms with E-state index in [9.17, 15) is 9.00 Å². The van der Waals surface area contributed by atoms with Gasteiger partial charge in [0.15, 0.2) is 16.8 Å². The predicted molar refractivity (Wildman–Crippen MR) is 118 cm³/mol. The number of methoxy groups -OCH3 is 1. The van der Waals surface area contributed by atoms with E-state index < -0.39 is 11.0 Å². The van der Waals surface area contributed by atoms with E-state index in [0.717, 1.165) is 5.56 Å². The number of nitriles is 1. The van der Waals surface area contributed by atoms with Crippen LogP contribution in [0.3, 0.4) is 0 Å². The second kappa shape index (κ2) is 10.2. The fourth-order valence-electron chi connectivity index (χ4n) is 2.97. The maximum Gasteiger partial charge on any atom is 0.218 e. The standard InChI is InChI=1S/C22H20N4O4S/c1-3-4-17-14-18(31(28)25-22-10-12-30-24-22)6-7-19(17)26(15-27)20-13-16(9-11-23)5-8-21(20)29-2/h3-8,10,12-15H,9H2,1-2H3,(H,24,25)/b4-3-. The van der Waals surface area contributed by atoms with Crippen LogP contribution in [-0.4, -0.2) is 22.9 Å². The number of aromatic nitrogens is 1. The first-order valence-corrected chi connectivity index (χ1v) is 10.4. The summed E-state index contributed by atoms with van der Waals surface area (Å²) in [5.74, 6) is 0.837. The summed E-state index contributed by atoms with van der Waals surface area (Å²) >= 11 is 0. The van der Waals surface area contributed by atoms with Gasteiger partial charge < -0.3 is 9.26 Å². The summed E-state index contributed by atoms with van der Waals surface area (Å²) in [5.41, 5.74) is 2.51. The summed E-state index contributed by atoms with van der Waals surface area (Å²) < 4.78 is 25.6. The summed E-state index contributed by atoms with van der Waals surface area (Å²) in [5, 5.41) is 12.7. The number of nitrogens with zero attached hydrogens (tertiary/aromatic N) is 3. The van der Waals surface area contributed by atoms with Crippen molar-refractivity contribution in [3.63, 3.8) is 0 Å². The minimum absolute atomic E-state index is 0.205. The second-order valence-electron chi connectivity index (χ2n) is 6.29. The van der Waals surface area contributed by atoms with Crippen molar-refractivity contribution in [2.75, 3.05) is 16.7 Å². The molecule has 3 aromatic rings. The van der Waals surface area contributed by atoms with Gasteiger partial charge in [0, 0.05) is 6.07 Å². The van der Waals surface area contributed by atoms with Crippen molar-refractivity contribution in [1.82, 2.24) is 5.16 Å². The molecule has 0 aliphatic heterocycles. The molecule has 2 aromatic carbocycles. The molecule has 1 amide bonds. The van der Waals surface area contributed by atoms with Gasteiger partial charge in [-0.15, -0.1) is 0 Å². The van der Waals surface area contributed by atoms with Crippen molar-refractivity contribution in [2.24, 2.45) is 0 Å². The van der Waals surface area contributed by atoms with E-state index in [1.807, 2.05) is 19.1 Å². The molecule has 0 fully saturated rings. The Morgan fingerprint density at radius 1 is 1.26 bits per heavy atom. The first-order valence-electron chi connectivity index (χ1n) is 9.25. The Balaban J connectivity index is 2.04. The zero-order valence-electron chi connectivity index (χ0n) is 16.9. The van der Waals surface area contributed by atoms with Crippen LogP contribution in [0.25, 0.3) is 6.08 Å². The Bertz CT molecular complexity index is 1150. The Hall–Kier alpha value is -3.90. The van der Waals surface area contributed by atoms with Gasteiger partial charge in [-0.25, -0.2) is 4.21 Å². The zero-order valence-corrected chi connectivity index (χ0v) is 17.8. The largest absolute Gasteiger partial charge is 0.495 e. The van der Waals surface area contributed by atoms with E-state index in [-0.39, 0.29) is 6.42 Å². The van der Waals surface area contributed by atoms with Gasteiger partial charge in [0.25, 0.3) is 0 Å². The van der Waals surface area contributed by atoms with E-state index in [0.29, 0.717) is 39.8 Å². The Labute approximate surface area is 182 Å². The van der Waals surface area contributed by atoms with Crippen molar-refractivity contribution in [1.29, 1.82) is 5.26 Å². The predicted octanol–water partition coefficient (Wildman–Crippen LogP) is 4.21. The topological polar surface area (TPSA) is 108 Å². The molecule has 0 aliphatic rings. The maximum absolute atomic E-state index is 12.7. The van der Waals surface area contributed by atoms with Crippen molar-refractivity contribution < 1.29 is 18.3 Å². The van der Waals surface area contributed by atoms with E-state index in [1.165, 1.54) is 18.3 Å². The SMILES string of the molecule is C/C=C\c1cc(S(=O)Nc2ccon2)ccc1N(C=O)c1cc(CC#N)ccc1OC. The third kappa shape index (κ3) is 4.99. The highest BCUT2D eigenvalue weighted by atomic mass is 32.2. The molecule has 158 valence electrons. The normalized spacial score (nSPS) is 11.6. The minimum Gasteiger partial charge on any atom is -0.495 e. The fraction of sp³-hybridized carbons (Fsp3) is 0.136. The third-order valence-electron chi connectivity index (χ3n) is 4.35. The number of carbonyl (C=O) groups is 1. The molecule has 0 bridgehead atoms. The first kappa shape index (κ1) is 21.8. The van der Waals surface area contributed by atoms with Crippen LogP contribution in [0.4, 0.5) is 17.2 Å². The van der Waals surface area contributed by atoms with E-state index in [1.54, 1.807) is 42.5 Å². The molecule has 9 heteroatoms. The summed E-state index contributed by atoms with van der Waals surface area (Å²) in [4.78, 5) is 14.1. The number of benzene rings is 2. The lowest BCUT2D eigenvalue weighted by atomic mass is 10.1. The van der Waals surface area contributed by atoms with Gasteiger partial charge in [0.2, 0.25) is 6.41 Å². The van der Waals surface area contributed by atoms with Gasteiger partial charge in [-0.05, 0) is 48.4 Å². The van der Waals surface area contributed by atoms with Crippen LogP contribution >= 0.6 is 0 Å². The molecular weight excluding hydrogens is 416 g/mol. The van der Waals surface area contributed by atoms with Crippen LogP contribution in [0.5, 0.6) is 5.75 Å². The molecule has 1 atom stereocenters. The van der Waals surface area contributed by atoms with Crippen LogP contribution in [0.2, 0.25) is 0 Å². The van der Waals surface area contributed by atoms with E-state index in [2.05, 4.69) is 15.9 Å². The quantitative estimate of drug-likeness (QED) is 0.503. The average molecular weight is 436 g/mol. The number of nitrogens with one attached hydrogen (secondary N) is 1. The highest BCUT2D eigenvalue weighted by Crippen LogP contribution is 2.36. The van der Waals surface area contributed by atoms with Gasteiger partial charge in [-0.1, -0.05) is 23.4 Å². The third-order valence-corrected chi connectivity index (χ3v) is 5.42. The minimum atomic E-state index is -1.58. The molecule has 31 heavy (non-hydrogen) atoms. The second-order valence-corrected chi connectivity index (χ2v) is 7.51. The van der Waals surface area contributed by atoms with Crippen LogP contribution in [0.15, 0.2) is 64.2 Å². The van der Waals surface area contributed by atoms with Crippen LogP contribution < -0.4 is 14.4 Å². The molecule has 0 saturated heterocycles. The maximum atomic E-state index is 12.7. The lowest BCUT2D eigenvalue weighted by Gasteiger charge is -2.23. The monoisotopic (exact) mass is 436 g/mol. The number of ether oxygens (including phenoxy) is 1. The van der Waals surface area contributed by atoms with Crippen LogP contribution in [-0.2, 0) is 22.2 Å². The van der Waals surface area contributed by atoms with E-state index in [4.69, 9.17) is 14.5 Å². The zero-order chi connectivity index (χ0) is 22.2. The van der Waals surface area contributed by atoms with Crippen molar-refractivity contribution >= 4 is 40.7 Å². The number of hydrogen-bond acceptors (Lipinski definition) is 6. The van der Waals surface area contributed by atoms with Crippen molar-refractivity contribution in [3.8, 4) is 11.8 Å². The molecule has 1 heterocycles. The lowest BCUT2D eigenvalue weighted by Crippen LogP contribution is -2.17. The molecule has 0 aliphatic carbocycles. The number of anilines is 3. The van der Waals surface area contributed by atoms with Crippen molar-refractivity contribution in [3.05, 3.63) is 65.9 Å². The number of allylic oxidation sites excluding steroid dienone is 1. The Morgan fingerprint density at radius 2 is 2.10 bits per heavy atom. The summed E-state index contributed by atoms with van der Waals surface area (Å²) in [6, 6.07) is 14.0. The first-order chi connectivity index (χ1) is 15.1. The molecule has 1 N–H and O–H groups in total. The molecule has 1 aromatic heterocycles. The average Bonchev–Trinajstić information content (AvgIpc) is 3.29. The fourth-order valence-corrected chi connectivity index (χ4v) is 3.81. The number of amides is 1. The summed E-state index contributed by atoms with van der Waals surface area (Å²) in [6.45, 7) is 1.85. The van der Waals surface area contributed by atoms with E-state index >= 15 is 0 Å². The molecule has 8 nitrogen and oxygen atoms in total. The highest BCUT2D eigenvalue weighted by molar-refractivity contribution is 7.86. The Kier molecular flexibility index (Phi) is 7.19. The van der Waals surface area contributed by atoms with Gasteiger partial charge in [0.05, 0.1) is 35.9 Å². The lowest BCUT2D eigenvalue weighted by molar-refractivity contribution is -0.106. The number of rotatable bonds is 9. The molecule has 0 saturated carbocycles. The van der Waals surface area contributed by atoms with Crippen LogP contribution in [0.1, 0.15) is 18.1 Å². The molecule has 0 radical (unpaired) electrons. The summed E-state index contributed by atoms with van der Waals surface area (Å²) in [6.07, 6.45) is 5.90. The Morgan fingerprint density at radius 3 is 2.74 bits per heavy atom. The smallest absolute Gasteiger partial charge is 0.218 e. The number of carbonyl (C=O) groups excluding carboxylic acids is 1. The molecule has 3 rings (SSSR count). The summed E-state index contributed by atoms with van der Waals surface area (Å²) in [7, 11) is -0.0666. The number of hydrogen-bond donors (Lipinski definition) is 1. The van der Waals surface area contributed by atoms with Gasteiger partial charge >= 0.3 is 0 Å². The molecular formula is C22H20N4O4S. The van der Waals surface area contributed by atoms with Gasteiger partial charge in [-0.3, -0.25) is 14.4 Å². The van der Waals surface area contributed by atoms with Crippen LogP contribution in [0, 0.1) is 11.3 Å². The van der Waals surface area contributed by atoms with Crippen molar-refractivity contribution in [2.45, 2.75) is 18.2 Å². The molecule has 0 spiro atoms. The highest BCUT2D eigenvalue weighted by Gasteiger charge is 2.18. The van der Waals surface area contributed by atoms with Gasteiger partial charge in [0.1, 0.15) is 12.0 Å². The molecule has 1 unspecified atom stereocenters.